The number of hydrogen-bond acceptors (Lipinski definition) is 5. The van der Waals surface area contributed by atoms with Gasteiger partial charge in [0, 0.05) is 23.5 Å². The highest BCUT2D eigenvalue weighted by Crippen LogP contribution is 2.21. The fourth-order valence-corrected chi connectivity index (χ4v) is 4.25. The van der Waals surface area contributed by atoms with E-state index in [1.165, 1.54) is 12.8 Å². The summed E-state index contributed by atoms with van der Waals surface area (Å²) in [5, 5.41) is 12.1. The molecule has 1 atom stereocenters. The Kier molecular flexibility index (Phi) is 6.20. The predicted molar refractivity (Wildman–Crippen MR) is 99.8 cm³/mol. The van der Waals surface area contributed by atoms with E-state index < -0.39 is 0 Å². The third kappa shape index (κ3) is 4.89. The molecule has 136 valence electrons. The average Bonchev–Trinajstić information content (AvgIpc) is 3.21. The van der Waals surface area contributed by atoms with Crippen molar-refractivity contribution in [2.75, 3.05) is 13.1 Å². The van der Waals surface area contributed by atoms with Crippen LogP contribution in [0.3, 0.4) is 0 Å². The summed E-state index contributed by atoms with van der Waals surface area (Å²) < 4.78 is 1.74. The first-order valence-electron chi connectivity index (χ1n) is 9.11. The second kappa shape index (κ2) is 8.58. The molecule has 3 rings (SSSR count). The Morgan fingerprint density at radius 3 is 3.16 bits per heavy atom. The molecular weight excluding hydrogens is 334 g/mol. The molecule has 1 aliphatic rings. The van der Waals surface area contributed by atoms with Gasteiger partial charge in [-0.05, 0) is 45.2 Å². The summed E-state index contributed by atoms with van der Waals surface area (Å²) >= 11 is 1.70. The van der Waals surface area contributed by atoms with Gasteiger partial charge in [-0.25, -0.2) is 4.98 Å². The van der Waals surface area contributed by atoms with E-state index in [1.807, 2.05) is 19.2 Å². The Balaban J connectivity index is 1.50. The monoisotopic (exact) mass is 361 g/mol. The molecule has 2 aromatic rings. The van der Waals surface area contributed by atoms with Gasteiger partial charge in [-0.15, -0.1) is 11.3 Å². The Hall–Kier alpha value is -1.73. The van der Waals surface area contributed by atoms with Crippen LogP contribution in [0.5, 0.6) is 0 Å². The zero-order chi connectivity index (χ0) is 17.6. The fraction of sp³-hybridized carbons (Fsp3) is 0.611. The average molecular weight is 362 g/mol. The standard InChI is InChI=1S/C18H27N5OS/c1-3-5-18-21-13(2)16(25-18)11-20-17(24)12-23-9-7-15(22-23)14-6-4-8-19-10-14/h7,9,14,19H,3-6,8,10-12H2,1-2H3,(H,20,24)/t14-/m1/s1. The Labute approximate surface area is 153 Å². The van der Waals surface area contributed by atoms with Crippen LogP contribution in [0.25, 0.3) is 0 Å². The smallest absolute Gasteiger partial charge is 0.242 e. The quantitative estimate of drug-likeness (QED) is 0.794. The van der Waals surface area contributed by atoms with Crippen LogP contribution >= 0.6 is 11.3 Å². The lowest BCUT2D eigenvalue weighted by Gasteiger charge is -2.20. The second-order valence-electron chi connectivity index (χ2n) is 6.62. The number of thiazole rings is 1. The summed E-state index contributed by atoms with van der Waals surface area (Å²) in [4.78, 5) is 17.9. The summed E-state index contributed by atoms with van der Waals surface area (Å²) in [6.45, 7) is 7.05. The molecule has 0 spiro atoms. The number of nitrogens with one attached hydrogen (secondary N) is 2. The number of rotatable bonds is 7. The molecule has 1 amide bonds. The van der Waals surface area contributed by atoms with Crippen molar-refractivity contribution in [3.63, 3.8) is 0 Å². The van der Waals surface area contributed by atoms with E-state index in [0.29, 0.717) is 12.5 Å². The van der Waals surface area contributed by atoms with Crippen molar-refractivity contribution in [1.82, 2.24) is 25.4 Å². The number of piperidine rings is 1. The molecule has 0 aromatic carbocycles. The van der Waals surface area contributed by atoms with Crippen molar-refractivity contribution < 1.29 is 4.79 Å². The molecule has 7 heteroatoms. The van der Waals surface area contributed by atoms with Crippen LogP contribution in [0.1, 0.15) is 53.4 Å². The second-order valence-corrected chi connectivity index (χ2v) is 7.79. The molecule has 2 aromatic heterocycles. The van der Waals surface area contributed by atoms with Crippen LogP contribution in [0.2, 0.25) is 0 Å². The molecule has 1 fully saturated rings. The van der Waals surface area contributed by atoms with E-state index in [9.17, 15) is 4.79 Å². The largest absolute Gasteiger partial charge is 0.350 e. The summed E-state index contributed by atoms with van der Waals surface area (Å²) in [7, 11) is 0. The van der Waals surface area contributed by atoms with E-state index in [2.05, 4.69) is 27.6 Å². The van der Waals surface area contributed by atoms with Crippen molar-refractivity contribution in [1.29, 1.82) is 0 Å². The molecule has 0 aliphatic carbocycles. The molecule has 0 radical (unpaired) electrons. The van der Waals surface area contributed by atoms with Gasteiger partial charge >= 0.3 is 0 Å². The van der Waals surface area contributed by atoms with E-state index in [4.69, 9.17) is 0 Å². The SMILES string of the molecule is CCCc1nc(C)c(CNC(=O)Cn2ccc([C@@H]3CCCNC3)n2)s1. The molecule has 0 bridgehead atoms. The summed E-state index contributed by atoms with van der Waals surface area (Å²) in [5.41, 5.74) is 2.11. The highest BCUT2D eigenvalue weighted by molar-refractivity contribution is 7.11. The lowest BCUT2D eigenvalue weighted by Crippen LogP contribution is -2.29. The first kappa shape index (κ1) is 18.1. The topological polar surface area (TPSA) is 71.8 Å². The number of amides is 1. The zero-order valence-corrected chi connectivity index (χ0v) is 15.9. The van der Waals surface area contributed by atoms with Crippen LogP contribution in [0.15, 0.2) is 12.3 Å². The first-order chi connectivity index (χ1) is 12.2. The molecular formula is C18H27N5OS. The molecule has 6 nitrogen and oxygen atoms in total. The number of carbonyl (C=O) groups is 1. The minimum absolute atomic E-state index is 0.0127. The number of nitrogens with zero attached hydrogens (tertiary/aromatic N) is 3. The Morgan fingerprint density at radius 2 is 2.40 bits per heavy atom. The molecule has 25 heavy (non-hydrogen) atoms. The van der Waals surface area contributed by atoms with E-state index >= 15 is 0 Å². The molecule has 1 saturated heterocycles. The maximum atomic E-state index is 12.2. The maximum absolute atomic E-state index is 12.2. The summed E-state index contributed by atoms with van der Waals surface area (Å²) in [6.07, 6.45) is 6.36. The molecule has 1 aliphatic heterocycles. The highest BCUT2D eigenvalue weighted by Gasteiger charge is 2.18. The van der Waals surface area contributed by atoms with Gasteiger partial charge in [0.1, 0.15) is 6.54 Å². The van der Waals surface area contributed by atoms with Crippen molar-refractivity contribution in [2.24, 2.45) is 0 Å². The van der Waals surface area contributed by atoms with Gasteiger partial charge in [0.25, 0.3) is 0 Å². The van der Waals surface area contributed by atoms with Crippen LogP contribution in [0, 0.1) is 6.92 Å². The van der Waals surface area contributed by atoms with Crippen molar-refractivity contribution in [2.45, 2.75) is 58.5 Å². The van der Waals surface area contributed by atoms with Crippen molar-refractivity contribution >= 4 is 17.2 Å². The highest BCUT2D eigenvalue weighted by atomic mass is 32.1. The first-order valence-corrected chi connectivity index (χ1v) is 9.93. The minimum atomic E-state index is -0.0127. The Morgan fingerprint density at radius 1 is 1.52 bits per heavy atom. The summed E-state index contributed by atoms with van der Waals surface area (Å²) in [6, 6.07) is 2.04. The number of carbonyl (C=O) groups excluding carboxylic acids is 1. The van der Waals surface area contributed by atoms with Gasteiger partial charge in [-0.2, -0.15) is 5.10 Å². The third-order valence-corrected chi connectivity index (χ3v) is 5.75. The molecule has 3 heterocycles. The van der Waals surface area contributed by atoms with Gasteiger partial charge in [0.05, 0.1) is 22.9 Å². The van der Waals surface area contributed by atoms with E-state index in [0.717, 1.165) is 47.2 Å². The number of aromatic nitrogens is 3. The van der Waals surface area contributed by atoms with Gasteiger partial charge in [-0.3, -0.25) is 9.48 Å². The van der Waals surface area contributed by atoms with Crippen LogP contribution in [0.4, 0.5) is 0 Å². The molecule has 0 saturated carbocycles. The van der Waals surface area contributed by atoms with Crippen molar-refractivity contribution in [3.05, 3.63) is 33.5 Å². The fourth-order valence-electron chi connectivity index (χ4n) is 3.14. The lowest BCUT2D eigenvalue weighted by atomic mass is 9.97. The van der Waals surface area contributed by atoms with Gasteiger partial charge in [0.15, 0.2) is 0 Å². The third-order valence-electron chi connectivity index (χ3n) is 4.53. The van der Waals surface area contributed by atoms with E-state index in [1.54, 1.807) is 16.0 Å². The van der Waals surface area contributed by atoms with Gasteiger partial charge in [0.2, 0.25) is 5.91 Å². The van der Waals surface area contributed by atoms with Crippen molar-refractivity contribution in [3.8, 4) is 0 Å². The number of hydrogen-bond donors (Lipinski definition) is 2. The van der Waals surface area contributed by atoms with Crippen LogP contribution < -0.4 is 10.6 Å². The molecule has 2 N–H and O–H groups in total. The van der Waals surface area contributed by atoms with Gasteiger partial charge in [-0.1, -0.05) is 6.92 Å². The number of aryl methyl sites for hydroxylation is 2. The minimum Gasteiger partial charge on any atom is -0.350 e. The van der Waals surface area contributed by atoms with E-state index in [-0.39, 0.29) is 12.5 Å². The summed E-state index contributed by atoms with van der Waals surface area (Å²) in [5.74, 6) is 0.455. The lowest BCUT2D eigenvalue weighted by molar-refractivity contribution is -0.122. The molecule has 0 unspecified atom stereocenters. The van der Waals surface area contributed by atoms with Gasteiger partial charge < -0.3 is 10.6 Å². The maximum Gasteiger partial charge on any atom is 0.242 e. The van der Waals surface area contributed by atoms with Crippen LogP contribution in [-0.2, 0) is 24.3 Å². The van der Waals surface area contributed by atoms with Crippen LogP contribution in [-0.4, -0.2) is 33.8 Å². The normalized spacial score (nSPS) is 17.6. The zero-order valence-electron chi connectivity index (χ0n) is 15.0. The predicted octanol–water partition coefficient (Wildman–Crippen LogP) is 2.38. The Bertz CT molecular complexity index is 702.